The summed E-state index contributed by atoms with van der Waals surface area (Å²) < 4.78 is 6.32. The summed E-state index contributed by atoms with van der Waals surface area (Å²) in [6.07, 6.45) is 2.30. The summed E-state index contributed by atoms with van der Waals surface area (Å²) in [5, 5.41) is 0. The molecule has 1 heteroatoms. The third-order valence-corrected chi connectivity index (χ3v) is 4.80. The van der Waals surface area contributed by atoms with Gasteiger partial charge in [-0.2, -0.15) is 0 Å². The van der Waals surface area contributed by atoms with Crippen molar-refractivity contribution in [2.75, 3.05) is 0 Å². The highest BCUT2D eigenvalue weighted by molar-refractivity contribution is 5.47. The minimum absolute atomic E-state index is 0.0574. The van der Waals surface area contributed by atoms with Gasteiger partial charge in [-0.1, -0.05) is 52.0 Å². The third-order valence-electron chi connectivity index (χ3n) is 4.80. The van der Waals surface area contributed by atoms with E-state index in [4.69, 9.17) is 4.74 Å². The standard InChI is InChI=1S/C24H34O/c1-16(2)13-21-15-18(5)19(6)24(23(21)14-17(3)4)20(7)25-22-11-9-8-10-12-22/h8-12,15-17,20H,13-14H2,1-7H3. The van der Waals surface area contributed by atoms with E-state index < -0.39 is 0 Å². The number of hydrogen-bond acceptors (Lipinski definition) is 1. The number of rotatable bonds is 7. The Morgan fingerprint density at radius 1 is 0.840 bits per heavy atom. The smallest absolute Gasteiger partial charge is 0.121 e. The van der Waals surface area contributed by atoms with Gasteiger partial charge in [0.25, 0.3) is 0 Å². The summed E-state index contributed by atoms with van der Waals surface area (Å²) in [7, 11) is 0. The minimum atomic E-state index is 0.0574. The van der Waals surface area contributed by atoms with Crippen molar-refractivity contribution >= 4 is 0 Å². The van der Waals surface area contributed by atoms with Gasteiger partial charge in [0.2, 0.25) is 0 Å². The summed E-state index contributed by atoms with van der Waals surface area (Å²) in [5.41, 5.74) is 7.17. The van der Waals surface area contributed by atoms with Gasteiger partial charge < -0.3 is 4.74 Å². The maximum atomic E-state index is 6.32. The van der Waals surface area contributed by atoms with Crippen LogP contribution in [0.25, 0.3) is 0 Å². The molecule has 0 spiro atoms. The van der Waals surface area contributed by atoms with Crippen molar-refractivity contribution in [2.45, 2.75) is 67.4 Å². The molecule has 0 saturated heterocycles. The van der Waals surface area contributed by atoms with Crippen LogP contribution in [-0.4, -0.2) is 0 Å². The molecule has 2 aromatic carbocycles. The molecule has 2 aromatic rings. The van der Waals surface area contributed by atoms with Gasteiger partial charge in [-0.25, -0.2) is 0 Å². The maximum absolute atomic E-state index is 6.32. The Balaban J connectivity index is 2.50. The van der Waals surface area contributed by atoms with Gasteiger partial charge in [-0.15, -0.1) is 0 Å². The van der Waals surface area contributed by atoms with E-state index in [0.29, 0.717) is 11.8 Å². The predicted octanol–water partition coefficient (Wildman–Crippen LogP) is 6.84. The fourth-order valence-electron chi connectivity index (χ4n) is 3.65. The van der Waals surface area contributed by atoms with Gasteiger partial charge in [0, 0.05) is 0 Å². The second-order valence-electron chi connectivity index (χ2n) is 8.14. The van der Waals surface area contributed by atoms with Crippen LogP contribution in [0.5, 0.6) is 5.75 Å². The molecule has 0 radical (unpaired) electrons. The van der Waals surface area contributed by atoms with Crippen molar-refractivity contribution < 1.29 is 4.74 Å². The highest BCUT2D eigenvalue weighted by atomic mass is 16.5. The number of ether oxygens (including phenoxy) is 1. The number of hydrogen-bond donors (Lipinski definition) is 0. The van der Waals surface area contributed by atoms with E-state index in [-0.39, 0.29) is 6.10 Å². The Morgan fingerprint density at radius 2 is 1.44 bits per heavy atom. The first kappa shape index (κ1) is 19.6. The molecule has 0 N–H and O–H groups in total. The van der Waals surface area contributed by atoms with Crippen LogP contribution < -0.4 is 4.74 Å². The van der Waals surface area contributed by atoms with Crippen LogP contribution in [0.4, 0.5) is 0 Å². The molecule has 136 valence electrons. The SMILES string of the molecule is Cc1cc(CC(C)C)c(CC(C)C)c(C(C)Oc2ccccc2)c1C. The second kappa shape index (κ2) is 8.56. The number of aryl methyl sites for hydroxylation is 1. The van der Waals surface area contributed by atoms with Gasteiger partial charge in [0.1, 0.15) is 11.9 Å². The average molecular weight is 339 g/mol. The second-order valence-corrected chi connectivity index (χ2v) is 8.14. The Hall–Kier alpha value is -1.76. The molecule has 0 aliphatic carbocycles. The fraction of sp³-hybridized carbons (Fsp3) is 0.500. The largest absolute Gasteiger partial charge is 0.486 e. The molecule has 0 fully saturated rings. The van der Waals surface area contributed by atoms with E-state index in [9.17, 15) is 0 Å². The van der Waals surface area contributed by atoms with Gasteiger partial charge in [-0.05, 0) is 85.4 Å². The molecule has 1 nitrogen and oxygen atoms in total. The molecule has 0 amide bonds. The molecule has 1 unspecified atom stereocenters. The normalized spacial score (nSPS) is 12.7. The summed E-state index contributed by atoms with van der Waals surface area (Å²) in [4.78, 5) is 0. The van der Waals surface area contributed by atoms with Crippen LogP contribution in [0, 0.1) is 25.7 Å². The van der Waals surface area contributed by atoms with Crippen LogP contribution >= 0.6 is 0 Å². The lowest BCUT2D eigenvalue weighted by Gasteiger charge is -2.26. The first-order valence-corrected chi connectivity index (χ1v) is 9.63. The Labute approximate surface area is 154 Å². The van der Waals surface area contributed by atoms with E-state index >= 15 is 0 Å². The molecule has 2 rings (SSSR count). The van der Waals surface area contributed by atoms with Crippen molar-refractivity contribution in [3.8, 4) is 5.75 Å². The molecule has 0 aliphatic rings. The fourth-order valence-corrected chi connectivity index (χ4v) is 3.65. The molecule has 25 heavy (non-hydrogen) atoms. The van der Waals surface area contributed by atoms with Crippen molar-refractivity contribution in [3.63, 3.8) is 0 Å². The summed E-state index contributed by atoms with van der Waals surface area (Å²) in [6, 6.07) is 12.6. The average Bonchev–Trinajstić information content (AvgIpc) is 2.52. The van der Waals surface area contributed by atoms with Crippen molar-refractivity contribution in [3.05, 3.63) is 64.2 Å². The van der Waals surface area contributed by atoms with Gasteiger partial charge >= 0.3 is 0 Å². The van der Waals surface area contributed by atoms with Gasteiger partial charge in [0.15, 0.2) is 0 Å². The van der Waals surface area contributed by atoms with Crippen LogP contribution in [0.1, 0.15) is 68.5 Å². The molecule has 0 aromatic heterocycles. The van der Waals surface area contributed by atoms with E-state index in [1.54, 1.807) is 0 Å². The Morgan fingerprint density at radius 3 is 2.00 bits per heavy atom. The van der Waals surface area contributed by atoms with Crippen LogP contribution in [0.3, 0.4) is 0 Å². The molecular weight excluding hydrogens is 304 g/mol. The van der Waals surface area contributed by atoms with E-state index in [1.807, 2.05) is 30.3 Å². The van der Waals surface area contributed by atoms with Crippen LogP contribution in [0.15, 0.2) is 36.4 Å². The third kappa shape index (κ3) is 5.11. The van der Waals surface area contributed by atoms with Crippen molar-refractivity contribution in [2.24, 2.45) is 11.8 Å². The van der Waals surface area contributed by atoms with E-state index in [2.05, 4.69) is 54.5 Å². The van der Waals surface area contributed by atoms with E-state index in [1.165, 1.54) is 27.8 Å². The van der Waals surface area contributed by atoms with Crippen molar-refractivity contribution in [1.29, 1.82) is 0 Å². The highest BCUT2D eigenvalue weighted by Gasteiger charge is 2.21. The van der Waals surface area contributed by atoms with Gasteiger partial charge in [-0.3, -0.25) is 0 Å². The first-order chi connectivity index (χ1) is 11.8. The predicted molar refractivity (Wildman–Crippen MR) is 108 cm³/mol. The molecule has 0 saturated carbocycles. The Kier molecular flexibility index (Phi) is 6.70. The maximum Gasteiger partial charge on any atom is 0.121 e. The molecule has 0 aliphatic heterocycles. The minimum Gasteiger partial charge on any atom is -0.486 e. The molecule has 0 heterocycles. The van der Waals surface area contributed by atoms with Crippen LogP contribution in [-0.2, 0) is 12.8 Å². The monoisotopic (exact) mass is 338 g/mol. The van der Waals surface area contributed by atoms with Gasteiger partial charge in [0.05, 0.1) is 0 Å². The zero-order valence-corrected chi connectivity index (χ0v) is 17.0. The quantitative estimate of drug-likeness (QED) is 0.537. The zero-order valence-electron chi connectivity index (χ0n) is 17.0. The summed E-state index contributed by atoms with van der Waals surface area (Å²) in [5.74, 6) is 2.23. The summed E-state index contributed by atoms with van der Waals surface area (Å²) >= 11 is 0. The lowest BCUT2D eigenvalue weighted by atomic mass is 9.83. The van der Waals surface area contributed by atoms with Crippen LogP contribution in [0.2, 0.25) is 0 Å². The Bertz CT molecular complexity index is 683. The zero-order chi connectivity index (χ0) is 18.6. The highest BCUT2D eigenvalue weighted by Crippen LogP contribution is 2.33. The first-order valence-electron chi connectivity index (χ1n) is 9.63. The lowest BCUT2D eigenvalue weighted by Crippen LogP contribution is -2.15. The number of para-hydroxylation sites is 1. The lowest BCUT2D eigenvalue weighted by molar-refractivity contribution is 0.224. The summed E-state index contributed by atoms with van der Waals surface area (Å²) in [6.45, 7) is 15.9. The topological polar surface area (TPSA) is 9.23 Å². The number of benzene rings is 2. The molecule has 0 bridgehead atoms. The molecular formula is C24H34O. The van der Waals surface area contributed by atoms with E-state index in [0.717, 1.165) is 18.6 Å². The van der Waals surface area contributed by atoms with Crippen molar-refractivity contribution in [1.82, 2.24) is 0 Å². The molecule has 1 atom stereocenters.